The Morgan fingerprint density at radius 2 is 2.27 bits per heavy atom. The van der Waals surface area contributed by atoms with Gasteiger partial charge in [0.15, 0.2) is 0 Å². The number of rotatable bonds is 5. The SMILES string of the molecule is COCC(C)(CN)N(C)C1CCOC1C. The van der Waals surface area contributed by atoms with E-state index in [0.29, 0.717) is 19.2 Å². The van der Waals surface area contributed by atoms with Gasteiger partial charge in [-0.05, 0) is 27.3 Å². The van der Waals surface area contributed by atoms with Gasteiger partial charge in [0, 0.05) is 26.3 Å². The van der Waals surface area contributed by atoms with Crippen LogP contribution in [-0.4, -0.2) is 56.5 Å². The topological polar surface area (TPSA) is 47.7 Å². The Morgan fingerprint density at radius 1 is 1.60 bits per heavy atom. The second-order valence-corrected chi connectivity index (χ2v) is 4.68. The molecule has 1 aliphatic rings. The average molecular weight is 216 g/mol. The molecule has 0 spiro atoms. The van der Waals surface area contributed by atoms with Gasteiger partial charge in [0.05, 0.1) is 18.2 Å². The van der Waals surface area contributed by atoms with Crippen LogP contribution in [0.5, 0.6) is 0 Å². The van der Waals surface area contributed by atoms with Gasteiger partial charge in [-0.1, -0.05) is 0 Å². The van der Waals surface area contributed by atoms with Gasteiger partial charge in [-0.15, -0.1) is 0 Å². The third-order valence-electron chi connectivity index (χ3n) is 3.58. The van der Waals surface area contributed by atoms with Crippen molar-refractivity contribution in [2.75, 3.05) is 33.9 Å². The molecule has 0 aliphatic carbocycles. The molecule has 4 heteroatoms. The van der Waals surface area contributed by atoms with E-state index < -0.39 is 0 Å². The van der Waals surface area contributed by atoms with Crippen LogP contribution >= 0.6 is 0 Å². The lowest BCUT2D eigenvalue weighted by molar-refractivity contribution is -0.00490. The zero-order chi connectivity index (χ0) is 11.5. The van der Waals surface area contributed by atoms with Crippen LogP contribution in [0, 0.1) is 0 Å². The maximum atomic E-state index is 5.84. The van der Waals surface area contributed by atoms with E-state index in [1.54, 1.807) is 7.11 Å². The minimum absolute atomic E-state index is 0.0959. The molecule has 1 saturated heterocycles. The number of likely N-dealkylation sites (N-methyl/N-ethyl adjacent to an activating group) is 1. The molecule has 0 saturated carbocycles. The highest BCUT2D eigenvalue weighted by Crippen LogP contribution is 2.24. The summed E-state index contributed by atoms with van der Waals surface area (Å²) in [6.45, 7) is 6.37. The minimum Gasteiger partial charge on any atom is -0.383 e. The molecule has 3 unspecified atom stereocenters. The van der Waals surface area contributed by atoms with E-state index in [4.69, 9.17) is 15.2 Å². The highest BCUT2D eigenvalue weighted by atomic mass is 16.5. The van der Waals surface area contributed by atoms with E-state index in [0.717, 1.165) is 13.0 Å². The molecule has 1 heterocycles. The molecular weight excluding hydrogens is 192 g/mol. The van der Waals surface area contributed by atoms with Crippen molar-refractivity contribution in [1.82, 2.24) is 4.90 Å². The molecule has 4 nitrogen and oxygen atoms in total. The van der Waals surface area contributed by atoms with Crippen molar-refractivity contribution in [2.45, 2.75) is 38.0 Å². The van der Waals surface area contributed by atoms with Gasteiger partial charge in [-0.25, -0.2) is 0 Å². The van der Waals surface area contributed by atoms with E-state index in [1.807, 2.05) is 0 Å². The third kappa shape index (κ3) is 2.69. The first kappa shape index (κ1) is 12.9. The summed E-state index contributed by atoms with van der Waals surface area (Å²) in [6, 6.07) is 0.452. The molecule has 1 rings (SSSR count). The molecule has 0 bridgehead atoms. The van der Waals surface area contributed by atoms with Gasteiger partial charge < -0.3 is 15.2 Å². The largest absolute Gasteiger partial charge is 0.383 e. The molecule has 90 valence electrons. The maximum absolute atomic E-state index is 5.84. The van der Waals surface area contributed by atoms with Crippen LogP contribution in [0.3, 0.4) is 0 Å². The van der Waals surface area contributed by atoms with E-state index in [2.05, 4.69) is 25.8 Å². The number of nitrogens with zero attached hydrogens (tertiary/aromatic N) is 1. The summed E-state index contributed by atoms with van der Waals surface area (Å²) in [5, 5.41) is 0. The standard InChI is InChI=1S/C11H24N2O2/c1-9-10(5-6-15-9)13(3)11(2,7-12)8-14-4/h9-10H,5-8,12H2,1-4H3. The van der Waals surface area contributed by atoms with E-state index in [1.165, 1.54) is 0 Å². The van der Waals surface area contributed by atoms with Crippen LogP contribution in [0.4, 0.5) is 0 Å². The summed E-state index contributed by atoms with van der Waals surface area (Å²) < 4.78 is 10.8. The van der Waals surface area contributed by atoms with Crippen molar-refractivity contribution < 1.29 is 9.47 Å². The van der Waals surface area contributed by atoms with Crippen LogP contribution in [0.25, 0.3) is 0 Å². The Balaban J connectivity index is 2.66. The minimum atomic E-state index is -0.0959. The molecule has 3 atom stereocenters. The molecule has 0 aromatic heterocycles. The summed E-state index contributed by atoms with van der Waals surface area (Å²) in [6.07, 6.45) is 1.37. The Bertz CT molecular complexity index is 201. The molecule has 1 fully saturated rings. The molecule has 2 N–H and O–H groups in total. The number of hydrogen-bond donors (Lipinski definition) is 1. The van der Waals surface area contributed by atoms with E-state index >= 15 is 0 Å². The zero-order valence-electron chi connectivity index (χ0n) is 10.3. The zero-order valence-corrected chi connectivity index (χ0v) is 10.3. The van der Waals surface area contributed by atoms with Gasteiger partial charge in [0.25, 0.3) is 0 Å². The third-order valence-corrected chi connectivity index (χ3v) is 3.58. The first-order chi connectivity index (χ1) is 7.05. The smallest absolute Gasteiger partial charge is 0.0703 e. The molecule has 0 aromatic rings. The van der Waals surface area contributed by atoms with Crippen molar-refractivity contribution >= 4 is 0 Å². The van der Waals surface area contributed by atoms with Crippen LogP contribution in [0.2, 0.25) is 0 Å². The molecule has 0 amide bonds. The van der Waals surface area contributed by atoms with E-state index in [-0.39, 0.29) is 11.6 Å². The summed E-state index contributed by atoms with van der Waals surface area (Å²) >= 11 is 0. The second kappa shape index (κ2) is 5.25. The van der Waals surface area contributed by atoms with Gasteiger partial charge >= 0.3 is 0 Å². The fraction of sp³-hybridized carbons (Fsp3) is 1.00. The number of methoxy groups -OCH3 is 1. The van der Waals surface area contributed by atoms with Crippen molar-refractivity contribution in [3.8, 4) is 0 Å². The van der Waals surface area contributed by atoms with Crippen molar-refractivity contribution in [3.63, 3.8) is 0 Å². The fourth-order valence-electron chi connectivity index (χ4n) is 2.25. The molecule has 0 radical (unpaired) electrons. The van der Waals surface area contributed by atoms with Crippen molar-refractivity contribution in [1.29, 1.82) is 0 Å². The van der Waals surface area contributed by atoms with Crippen LogP contribution < -0.4 is 5.73 Å². The Kier molecular flexibility index (Phi) is 4.52. The van der Waals surface area contributed by atoms with Gasteiger partial charge in [0.2, 0.25) is 0 Å². The van der Waals surface area contributed by atoms with Crippen molar-refractivity contribution in [3.05, 3.63) is 0 Å². The first-order valence-corrected chi connectivity index (χ1v) is 5.58. The summed E-state index contributed by atoms with van der Waals surface area (Å²) in [5.41, 5.74) is 5.75. The molecule has 15 heavy (non-hydrogen) atoms. The van der Waals surface area contributed by atoms with Gasteiger partial charge in [-0.3, -0.25) is 4.90 Å². The summed E-state index contributed by atoms with van der Waals surface area (Å²) in [5.74, 6) is 0. The lowest BCUT2D eigenvalue weighted by Gasteiger charge is -2.42. The quantitative estimate of drug-likeness (QED) is 0.725. The number of nitrogens with two attached hydrogens (primary N) is 1. The molecule has 1 aliphatic heterocycles. The maximum Gasteiger partial charge on any atom is 0.0703 e. The first-order valence-electron chi connectivity index (χ1n) is 5.58. The molecular formula is C11H24N2O2. The van der Waals surface area contributed by atoms with Crippen molar-refractivity contribution in [2.24, 2.45) is 5.73 Å². The normalized spacial score (nSPS) is 30.8. The Hall–Kier alpha value is -0.160. The van der Waals surface area contributed by atoms with E-state index in [9.17, 15) is 0 Å². The predicted octanol–water partition coefficient (Wildman–Crippen LogP) is 0.459. The summed E-state index contributed by atoms with van der Waals surface area (Å²) in [4.78, 5) is 2.31. The Morgan fingerprint density at radius 3 is 2.67 bits per heavy atom. The number of hydrogen-bond acceptors (Lipinski definition) is 4. The predicted molar refractivity (Wildman–Crippen MR) is 60.9 cm³/mol. The lowest BCUT2D eigenvalue weighted by Crippen LogP contribution is -2.58. The lowest BCUT2D eigenvalue weighted by atomic mass is 9.97. The highest BCUT2D eigenvalue weighted by molar-refractivity contribution is 4.93. The van der Waals surface area contributed by atoms with Crippen LogP contribution in [0.15, 0.2) is 0 Å². The van der Waals surface area contributed by atoms with Crippen LogP contribution in [-0.2, 0) is 9.47 Å². The Labute approximate surface area is 92.7 Å². The number of ether oxygens (including phenoxy) is 2. The fourth-order valence-corrected chi connectivity index (χ4v) is 2.25. The molecule has 0 aromatic carbocycles. The monoisotopic (exact) mass is 216 g/mol. The van der Waals surface area contributed by atoms with Gasteiger partial charge in [0.1, 0.15) is 0 Å². The highest BCUT2D eigenvalue weighted by Gasteiger charge is 2.37. The summed E-state index contributed by atoms with van der Waals surface area (Å²) in [7, 11) is 3.83. The average Bonchev–Trinajstić information content (AvgIpc) is 2.63. The van der Waals surface area contributed by atoms with Crippen LogP contribution in [0.1, 0.15) is 20.3 Å². The second-order valence-electron chi connectivity index (χ2n) is 4.68. The van der Waals surface area contributed by atoms with Gasteiger partial charge in [-0.2, -0.15) is 0 Å².